The van der Waals surface area contributed by atoms with Crippen LogP contribution in [0.3, 0.4) is 0 Å². The van der Waals surface area contributed by atoms with E-state index in [1.54, 1.807) is 6.20 Å². The maximum atomic E-state index is 11.6. The van der Waals surface area contributed by atoms with Crippen LogP contribution in [-0.2, 0) is 4.79 Å². The number of rotatable bonds is 4. The fourth-order valence-electron chi connectivity index (χ4n) is 2.67. The van der Waals surface area contributed by atoms with Crippen molar-refractivity contribution in [2.24, 2.45) is 0 Å². The quantitative estimate of drug-likeness (QED) is 0.839. The van der Waals surface area contributed by atoms with Gasteiger partial charge in [-0.05, 0) is 50.5 Å². The number of aromatic nitrogens is 1. The molecular formula is C15H23N3OS. The van der Waals surface area contributed by atoms with E-state index in [1.807, 2.05) is 6.07 Å². The molecule has 5 heteroatoms. The van der Waals surface area contributed by atoms with E-state index in [9.17, 15) is 4.79 Å². The van der Waals surface area contributed by atoms with Crippen molar-refractivity contribution in [3.8, 4) is 0 Å². The Bertz CT molecular complexity index is 478. The van der Waals surface area contributed by atoms with Crippen LogP contribution in [0.25, 0.3) is 0 Å². The molecule has 0 aromatic carbocycles. The van der Waals surface area contributed by atoms with Gasteiger partial charge in [0.25, 0.3) is 0 Å². The molecule has 1 saturated heterocycles. The van der Waals surface area contributed by atoms with Crippen LogP contribution in [0, 0.1) is 6.92 Å². The fraction of sp³-hybridized carbons (Fsp3) is 0.600. The smallest absolute Gasteiger partial charge is 0.225 e. The SMILES string of the molecule is Cc1cc(NC(=O)CCS)cnc1N1CCCCC1C. The Labute approximate surface area is 126 Å². The topological polar surface area (TPSA) is 45.2 Å². The Balaban J connectivity index is 2.11. The minimum atomic E-state index is -0.0136. The highest BCUT2D eigenvalue weighted by Gasteiger charge is 2.21. The molecule has 0 radical (unpaired) electrons. The van der Waals surface area contributed by atoms with Gasteiger partial charge in [-0.3, -0.25) is 4.79 Å². The molecule has 2 rings (SSSR count). The van der Waals surface area contributed by atoms with Gasteiger partial charge in [-0.1, -0.05) is 0 Å². The number of carbonyl (C=O) groups is 1. The zero-order valence-corrected chi connectivity index (χ0v) is 13.1. The third-order valence-corrected chi connectivity index (χ3v) is 3.97. The number of thiol groups is 1. The van der Waals surface area contributed by atoms with Gasteiger partial charge >= 0.3 is 0 Å². The highest BCUT2D eigenvalue weighted by Crippen LogP contribution is 2.27. The van der Waals surface area contributed by atoms with E-state index in [0.717, 1.165) is 23.6 Å². The first-order valence-electron chi connectivity index (χ1n) is 7.26. The standard InChI is InChI=1S/C15H23N3OS/c1-11-9-13(17-14(19)6-8-20)10-16-15(11)18-7-4-3-5-12(18)2/h9-10,12,20H,3-8H2,1-2H3,(H,17,19). The molecule has 110 valence electrons. The van der Waals surface area contributed by atoms with Crippen LogP contribution in [0.4, 0.5) is 11.5 Å². The summed E-state index contributed by atoms with van der Waals surface area (Å²) in [5.41, 5.74) is 1.88. The van der Waals surface area contributed by atoms with Gasteiger partial charge < -0.3 is 10.2 Å². The highest BCUT2D eigenvalue weighted by molar-refractivity contribution is 7.80. The summed E-state index contributed by atoms with van der Waals surface area (Å²) < 4.78 is 0. The Morgan fingerprint density at radius 1 is 1.55 bits per heavy atom. The van der Waals surface area contributed by atoms with Gasteiger partial charge in [0.05, 0.1) is 11.9 Å². The van der Waals surface area contributed by atoms with E-state index >= 15 is 0 Å². The lowest BCUT2D eigenvalue weighted by Gasteiger charge is -2.35. The third kappa shape index (κ3) is 3.66. The molecule has 2 heterocycles. The number of nitrogens with zero attached hydrogens (tertiary/aromatic N) is 2. The molecule has 0 bridgehead atoms. The van der Waals surface area contributed by atoms with Crippen LogP contribution < -0.4 is 10.2 Å². The Kier molecular flexibility index (Phi) is 5.29. The number of nitrogens with one attached hydrogen (secondary N) is 1. The number of aryl methyl sites for hydroxylation is 1. The highest BCUT2D eigenvalue weighted by atomic mass is 32.1. The van der Waals surface area contributed by atoms with E-state index in [0.29, 0.717) is 18.2 Å². The van der Waals surface area contributed by atoms with Crippen molar-refractivity contribution in [1.82, 2.24) is 4.98 Å². The number of amides is 1. The molecule has 20 heavy (non-hydrogen) atoms. The summed E-state index contributed by atoms with van der Waals surface area (Å²) in [4.78, 5) is 18.5. The summed E-state index contributed by atoms with van der Waals surface area (Å²) in [6.45, 7) is 5.38. The Hall–Kier alpha value is -1.23. The van der Waals surface area contributed by atoms with E-state index < -0.39 is 0 Å². The number of hydrogen-bond acceptors (Lipinski definition) is 4. The van der Waals surface area contributed by atoms with Crippen LogP contribution in [0.15, 0.2) is 12.3 Å². The van der Waals surface area contributed by atoms with Gasteiger partial charge in [0.2, 0.25) is 5.91 Å². The minimum Gasteiger partial charge on any atom is -0.354 e. The fourth-order valence-corrected chi connectivity index (χ4v) is 2.88. The van der Waals surface area contributed by atoms with E-state index in [2.05, 4.69) is 41.7 Å². The minimum absolute atomic E-state index is 0.0136. The molecule has 1 fully saturated rings. The average Bonchev–Trinajstić information content (AvgIpc) is 2.40. The van der Waals surface area contributed by atoms with E-state index in [1.165, 1.54) is 19.3 Å². The Morgan fingerprint density at radius 3 is 3.00 bits per heavy atom. The molecule has 0 saturated carbocycles. The van der Waals surface area contributed by atoms with Gasteiger partial charge in [-0.2, -0.15) is 12.6 Å². The van der Waals surface area contributed by atoms with Crippen molar-refractivity contribution >= 4 is 30.0 Å². The van der Waals surface area contributed by atoms with Crippen LogP contribution in [-0.4, -0.2) is 29.2 Å². The van der Waals surface area contributed by atoms with Crippen molar-refractivity contribution < 1.29 is 4.79 Å². The van der Waals surface area contributed by atoms with Gasteiger partial charge in [0, 0.05) is 19.0 Å². The molecule has 1 atom stereocenters. The molecular weight excluding hydrogens is 270 g/mol. The van der Waals surface area contributed by atoms with Crippen molar-refractivity contribution in [1.29, 1.82) is 0 Å². The summed E-state index contributed by atoms with van der Waals surface area (Å²) in [6.07, 6.45) is 5.93. The third-order valence-electron chi connectivity index (χ3n) is 3.75. The summed E-state index contributed by atoms with van der Waals surface area (Å²) in [5.74, 6) is 1.59. The normalized spacial score (nSPS) is 18.9. The first kappa shape index (κ1) is 15.2. The second-order valence-corrected chi connectivity index (χ2v) is 5.87. The first-order valence-corrected chi connectivity index (χ1v) is 7.89. The molecule has 1 unspecified atom stereocenters. The molecule has 1 N–H and O–H groups in total. The molecule has 1 aliphatic heterocycles. The van der Waals surface area contributed by atoms with Crippen LogP contribution >= 0.6 is 12.6 Å². The number of piperidine rings is 1. The van der Waals surface area contributed by atoms with Crippen molar-refractivity contribution in [3.05, 3.63) is 17.8 Å². The average molecular weight is 293 g/mol. The van der Waals surface area contributed by atoms with Crippen LogP contribution in [0.2, 0.25) is 0 Å². The second-order valence-electron chi connectivity index (χ2n) is 5.42. The van der Waals surface area contributed by atoms with Gasteiger partial charge in [0.15, 0.2) is 0 Å². The van der Waals surface area contributed by atoms with Gasteiger partial charge in [-0.25, -0.2) is 4.98 Å². The zero-order valence-electron chi connectivity index (χ0n) is 12.2. The molecule has 4 nitrogen and oxygen atoms in total. The number of pyridine rings is 1. The molecule has 1 aromatic heterocycles. The van der Waals surface area contributed by atoms with Crippen LogP contribution in [0.1, 0.15) is 38.2 Å². The monoisotopic (exact) mass is 293 g/mol. The lowest BCUT2D eigenvalue weighted by Crippen LogP contribution is -2.38. The van der Waals surface area contributed by atoms with Gasteiger partial charge in [0.1, 0.15) is 5.82 Å². The maximum absolute atomic E-state index is 11.6. The summed E-state index contributed by atoms with van der Waals surface area (Å²) >= 11 is 4.06. The maximum Gasteiger partial charge on any atom is 0.225 e. The predicted octanol–water partition coefficient (Wildman–Crippen LogP) is 3.03. The largest absolute Gasteiger partial charge is 0.354 e. The number of hydrogen-bond donors (Lipinski definition) is 2. The summed E-state index contributed by atoms with van der Waals surface area (Å²) in [6, 6.07) is 2.54. The Morgan fingerprint density at radius 2 is 2.35 bits per heavy atom. The van der Waals surface area contributed by atoms with Crippen molar-refractivity contribution in [2.45, 2.75) is 45.6 Å². The molecule has 0 spiro atoms. The lowest BCUT2D eigenvalue weighted by atomic mass is 10.0. The zero-order chi connectivity index (χ0) is 14.5. The number of anilines is 2. The summed E-state index contributed by atoms with van der Waals surface area (Å²) in [7, 11) is 0. The van der Waals surface area contributed by atoms with Crippen LogP contribution in [0.5, 0.6) is 0 Å². The molecule has 1 aromatic rings. The number of carbonyl (C=O) groups excluding carboxylic acids is 1. The predicted molar refractivity (Wildman–Crippen MR) is 86.7 cm³/mol. The first-order chi connectivity index (χ1) is 9.61. The molecule has 1 aliphatic rings. The van der Waals surface area contributed by atoms with Gasteiger partial charge in [-0.15, -0.1) is 0 Å². The molecule has 1 amide bonds. The van der Waals surface area contributed by atoms with E-state index in [4.69, 9.17) is 0 Å². The molecule has 0 aliphatic carbocycles. The summed E-state index contributed by atoms with van der Waals surface area (Å²) in [5, 5.41) is 2.86. The van der Waals surface area contributed by atoms with Crippen molar-refractivity contribution in [2.75, 3.05) is 22.5 Å². The second kappa shape index (κ2) is 6.97. The lowest BCUT2D eigenvalue weighted by molar-refractivity contribution is -0.115. The van der Waals surface area contributed by atoms with E-state index in [-0.39, 0.29) is 5.91 Å². The van der Waals surface area contributed by atoms with Crippen molar-refractivity contribution in [3.63, 3.8) is 0 Å².